The van der Waals surface area contributed by atoms with Crippen molar-refractivity contribution in [2.24, 2.45) is 11.8 Å². The molecule has 2 unspecified atom stereocenters. The van der Waals surface area contributed by atoms with E-state index in [0.717, 1.165) is 31.4 Å². The van der Waals surface area contributed by atoms with E-state index in [4.69, 9.17) is 14.2 Å². The number of aromatic nitrogens is 1. The summed E-state index contributed by atoms with van der Waals surface area (Å²) >= 11 is 0. The van der Waals surface area contributed by atoms with E-state index >= 15 is 0 Å². The van der Waals surface area contributed by atoms with Gasteiger partial charge in [0, 0.05) is 24.4 Å². The highest BCUT2D eigenvalue weighted by Crippen LogP contribution is 2.16. The topological polar surface area (TPSA) is 40.6 Å². The lowest BCUT2D eigenvalue weighted by Gasteiger charge is -2.24. The average molecular weight is 338 g/mol. The molecule has 0 aliphatic carbocycles. The molecule has 0 spiro atoms. The maximum absolute atomic E-state index is 5.39. The third-order valence-electron chi connectivity index (χ3n) is 4.02. The van der Waals surface area contributed by atoms with E-state index in [1.165, 1.54) is 18.4 Å². The van der Waals surface area contributed by atoms with Gasteiger partial charge in [-0.3, -0.25) is 4.98 Å². The number of nitrogens with zero attached hydrogens (tertiary/aromatic N) is 1. The van der Waals surface area contributed by atoms with Gasteiger partial charge in [0.05, 0.1) is 19.3 Å². The zero-order chi connectivity index (χ0) is 17.9. The highest BCUT2D eigenvalue weighted by atomic mass is 16.7. The van der Waals surface area contributed by atoms with E-state index < -0.39 is 0 Å². The number of pyridine rings is 1. The highest BCUT2D eigenvalue weighted by Gasteiger charge is 2.14. The number of hydrogen-bond donors (Lipinski definition) is 0. The van der Waals surface area contributed by atoms with Crippen LogP contribution < -0.4 is 0 Å². The molecule has 1 aromatic rings. The summed E-state index contributed by atoms with van der Waals surface area (Å²) in [6.07, 6.45) is 5.01. The van der Waals surface area contributed by atoms with Crippen LogP contribution in [0.1, 0.15) is 51.8 Å². The van der Waals surface area contributed by atoms with Crippen molar-refractivity contribution >= 4 is 0 Å². The third-order valence-corrected chi connectivity index (χ3v) is 4.02. The molecule has 0 bridgehead atoms. The van der Waals surface area contributed by atoms with Crippen LogP contribution in [0.25, 0.3) is 0 Å². The van der Waals surface area contributed by atoms with Crippen molar-refractivity contribution < 1.29 is 14.2 Å². The number of rotatable bonds is 0. The fourth-order valence-electron chi connectivity index (χ4n) is 2.25. The quantitative estimate of drug-likeness (QED) is 0.697. The minimum absolute atomic E-state index is 0.0196. The van der Waals surface area contributed by atoms with E-state index in [0.29, 0.717) is 12.0 Å². The molecule has 1 aromatic heterocycles. The van der Waals surface area contributed by atoms with Gasteiger partial charge in [-0.15, -0.1) is 0 Å². The Bertz CT molecular complexity index is 358. The van der Waals surface area contributed by atoms with Gasteiger partial charge in [0.15, 0.2) is 6.29 Å². The van der Waals surface area contributed by atoms with Crippen molar-refractivity contribution in [3.8, 4) is 0 Å². The first-order valence-corrected chi connectivity index (χ1v) is 9.10. The first-order chi connectivity index (χ1) is 11.4. The molecule has 0 saturated carbocycles. The Balaban J connectivity index is 0.000000180. The van der Waals surface area contributed by atoms with E-state index in [2.05, 4.69) is 31.8 Å². The van der Waals surface area contributed by atoms with Gasteiger partial charge >= 0.3 is 0 Å². The lowest BCUT2D eigenvalue weighted by atomic mass is 10.0. The molecule has 4 heteroatoms. The van der Waals surface area contributed by atoms with Gasteiger partial charge in [-0.2, -0.15) is 0 Å². The second-order valence-corrected chi connectivity index (χ2v) is 7.14. The molecule has 3 rings (SSSR count). The van der Waals surface area contributed by atoms with Crippen LogP contribution in [-0.2, 0) is 14.2 Å². The zero-order valence-corrected chi connectivity index (χ0v) is 16.2. The van der Waals surface area contributed by atoms with Crippen molar-refractivity contribution in [3.05, 3.63) is 29.6 Å². The van der Waals surface area contributed by atoms with Crippen LogP contribution >= 0.6 is 0 Å². The second kappa shape index (κ2) is 11.6. The molecule has 0 radical (unpaired) electrons. The summed E-state index contributed by atoms with van der Waals surface area (Å²) in [5, 5.41) is 0. The molecule has 2 saturated heterocycles. The molecule has 2 atom stereocenters. The van der Waals surface area contributed by atoms with Gasteiger partial charge in [0.1, 0.15) is 0 Å². The molecule has 0 N–H and O–H groups in total. The van der Waals surface area contributed by atoms with E-state index in [9.17, 15) is 0 Å². The molecular formula is C20H35NO3. The lowest BCUT2D eigenvalue weighted by molar-refractivity contribution is -0.187. The Morgan fingerprint density at radius 3 is 1.83 bits per heavy atom. The number of aryl methyl sites for hydroxylation is 2. The molecular weight excluding hydrogens is 302 g/mol. The maximum atomic E-state index is 5.39. The molecule has 0 amide bonds. The third kappa shape index (κ3) is 10.0. The van der Waals surface area contributed by atoms with Crippen LogP contribution in [-0.4, -0.2) is 37.2 Å². The van der Waals surface area contributed by atoms with E-state index in [1.54, 1.807) is 0 Å². The second-order valence-electron chi connectivity index (χ2n) is 7.14. The number of hydrogen-bond acceptors (Lipinski definition) is 4. The summed E-state index contributed by atoms with van der Waals surface area (Å²) in [5.41, 5.74) is 2.30. The van der Waals surface area contributed by atoms with Crippen molar-refractivity contribution in [1.82, 2.24) is 4.98 Å². The summed E-state index contributed by atoms with van der Waals surface area (Å²) in [7, 11) is 0. The smallest absolute Gasteiger partial charge is 0.154 e. The molecule has 2 fully saturated rings. The van der Waals surface area contributed by atoms with Gasteiger partial charge in [-0.1, -0.05) is 19.9 Å². The largest absolute Gasteiger partial charge is 0.378 e. The molecule has 24 heavy (non-hydrogen) atoms. The van der Waals surface area contributed by atoms with Gasteiger partial charge in [-0.25, -0.2) is 0 Å². The van der Waals surface area contributed by atoms with Gasteiger partial charge < -0.3 is 14.2 Å². The molecule has 138 valence electrons. The Morgan fingerprint density at radius 2 is 1.46 bits per heavy atom. The van der Waals surface area contributed by atoms with Crippen molar-refractivity contribution in [2.45, 2.75) is 66.8 Å². The van der Waals surface area contributed by atoms with Crippen LogP contribution in [0.4, 0.5) is 0 Å². The standard InChI is InChI=1S/C7H9N.C7H14O.C6H12O2/c2*1-6-3-4-7(2)8-5-6;1-5-3-7-6(2)8-4-5/h3-5H,1-2H3;6-7H,3-5H2,1-2H3;5-6H,3-4H2,1-2H3. The fraction of sp³-hybridized carbons (Fsp3) is 0.750. The Labute approximate surface area is 147 Å². The fourth-order valence-corrected chi connectivity index (χ4v) is 2.25. The summed E-state index contributed by atoms with van der Waals surface area (Å²) < 4.78 is 15.7. The molecule has 3 heterocycles. The lowest BCUT2D eigenvalue weighted by Crippen LogP contribution is -2.27. The maximum Gasteiger partial charge on any atom is 0.154 e. The summed E-state index contributed by atoms with van der Waals surface area (Å²) in [5.74, 6) is 1.37. The first kappa shape index (κ1) is 21.1. The summed E-state index contributed by atoms with van der Waals surface area (Å²) in [4.78, 5) is 4.08. The average Bonchev–Trinajstić information content (AvgIpc) is 2.57. The van der Waals surface area contributed by atoms with Crippen molar-refractivity contribution in [2.75, 3.05) is 19.8 Å². The number of ether oxygens (including phenoxy) is 3. The molecule has 0 aromatic carbocycles. The Hall–Kier alpha value is -0.970. The molecule has 2 aliphatic heterocycles. The van der Waals surface area contributed by atoms with Crippen LogP contribution in [0, 0.1) is 25.7 Å². The van der Waals surface area contributed by atoms with Gasteiger partial charge in [0.2, 0.25) is 0 Å². The van der Waals surface area contributed by atoms with Crippen LogP contribution in [0.2, 0.25) is 0 Å². The normalized spacial score (nSPS) is 29.6. The van der Waals surface area contributed by atoms with Crippen LogP contribution in [0.15, 0.2) is 18.3 Å². The zero-order valence-electron chi connectivity index (χ0n) is 16.2. The molecule has 4 nitrogen and oxygen atoms in total. The summed E-state index contributed by atoms with van der Waals surface area (Å²) in [6, 6.07) is 4.07. The Morgan fingerprint density at radius 1 is 0.833 bits per heavy atom. The van der Waals surface area contributed by atoms with Gasteiger partial charge in [-0.05, 0) is 58.1 Å². The van der Waals surface area contributed by atoms with Crippen molar-refractivity contribution in [3.63, 3.8) is 0 Å². The minimum atomic E-state index is 0.0196. The SMILES string of the molecule is CC1CCC(C)OC1.CC1COC(C)OC1.Cc1ccc(C)nc1. The van der Waals surface area contributed by atoms with Crippen molar-refractivity contribution in [1.29, 1.82) is 0 Å². The monoisotopic (exact) mass is 337 g/mol. The van der Waals surface area contributed by atoms with Crippen LogP contribution in [0.5, 0.6) is 0 Å². The predicted molar refractivity (Wildman–Crippen MR) is 98.1 cm³/mol. The van der Waals surface area contributed by atoms with Gasteiger partial charge in [0.25, 0.3) is 0 Å². The van der Waals surface area contributed by atoms with E-state index in [1.807, 2.05) is 33.0 Å². The minimum Gasteiger partial charge on any atom is -0.378 e. The molecule has 2 aliphatic rings. The highest BCUT2D eigenvalue weighted by molar-refractivity contribution is 5.10. The van der Waals surface area contributed by atoms with Crippen LogP contribution in [0.3, 0.4) is 0 Å². The van der Waals surface area contributed by atoms with E-state index in [-0.39, 0.29) is 6.29 Å². The first-order valence-electron chi connectivity index (χ1n) is 9.10. The summed E-state index contributed by atoms with van der Waals surface area (Å²) in [6.45, 7) is 15.1. The predicted octanol–water partition coefficient (Wildman–Crippen LogP) is 4.54. The Kier molecular flexibility index (Phi) is 10.2.